The van der Waals surface area contributed by atoms with Gasteiger partial charge >= 0.3 is 0 Å². The first-order valence-corrected chi connectivity index (χ1v) is 15.9. The van der Waals surface area contributed by atoms with Crippen molar-refractivity contribution < 1.29 is 0 Å². The minimum Gasteiger partial charge on any atom is -0.0985 e. The summed E-state index contributed by atoms with van der Waals surface area (Å²) < 4.78 is 0. The van der Waals surface area contributed by atoms with Crippen LogP contribution in [-0.4, -0.2) is 0 Å². The lowest BCUT2D eigenvalue weighted by atomic mass is 10.2. The Hall–Kier alpha value is -4.08. The van der Waals surface area contributed by atoms with Gasteiger partial charge in [-0.3, -0.25) is 0 Å². The molecule has 0 atom stereocenters. The molecule has 0 unspecified atom stereocenters. The van der Waals surface area contributed by atoms with Crippen LogP contribution in [0.25, 0.3) is 24.3 Å². The summed E-state index contributed by atoms with van der Waals surface area (Å²) in [6.45, 7) is 15.8. The van der Waals surface area contributed by atoms with Gasteiger partial charge in [-0.2, -0.15) is 0 Å². The van der Waals surface area contributed by atoms with Crippen molar-refractivity contribution in [2.45, 2.75) is 0 Å². The summed E-state index contributed by atoms with van der Waals surface area (Å²) in [7, 11) is -1.64. The highest BCUT2D eigenvalue weighted by atomic mass is 31.1. The third-order valence-corrected chi connectivity index (χ3v) is 12.1. The summed E-state index contributed by atoms with van der Waals surface area (Å²) in [4.78, 5) is 0. The van der Waals surface area contributed by atoms with Crippen LogP contribution in [0.1, 0.15) is 22.3 Å². The summed E-state index contributed by atoms with van der Waals surface area (Å²) in [5, 5.41) is 8.03. The van der Waals surface area contributed by atoms with E-state index >= 15 is 0 Å². The summed E-state index contributed by atoms with van der Waals surface area (Å²) in [6.07, 6.45) is 7.60. The van der Waals surface area contributed by atoms with E-state index in [1.54, 1.807) is 0 Å². The van der Waals surface area contributed by atoms with E-state index in [9.17, 15) is 0 Å². The molecule has 0 aliphatic heterocycles. The Morgan fingerprint density at radius 1 is 0.325 bits per heavy atom. The maximum atomic E-state index is 3.96. The molecule has 0 saturated heterocycles. The minimum atomic E-state index is -0.818. The molecule has 0 bridgehead atoms. The molecular weight excluding hydrogens is 518 g/mol. The third kappa shape index (κ3) is 5.90. The van der Waals surface area contributed by atoms with E-state index in [4.69, 9.17) is 0 Å². The maximum Gasteiger partial charge on any atom is -0.00675 e. The molecule has 0 N–H and O–H groups in total. The Labute approximate surface area is 241 Å². The van der Waals surface area contributed by atoms with Gasteiger partial charge in [0.2, 0.25) is 0 Å². The Morgan fingerprint density at radius 2 is 0.550 bits per heavy atom. The van der Waals surface area contributed by atoms with Crippen molar-refractivity contribution in [3.63, 3.8) is 0 Å². The summed E-state index contributed by atoms with van der Waals surface area (Å²) in [5.74, 6) is 0. The van der Waals surface area contributed by atoms with Crippen molar-refractivity contribution in [3.05, 3.63) is 170 Å². The first-order valence-electron chi connectivity index (χ1n) is 13.2. The normalized spacial score (nSPS) is 10.8. The van der Waals surface area contributed by atoms with Crippen LogP contribution in [-0.2, 0) is 0 Å². The number of benzene rings is 5. The molecular formula is C38H32P2. The van der Waals surface area contributed by atoms with Gasteiger partial charge in [0.15, 0.2) is 0 Å². The molecule has 0 spiro atoms. The molecule has 5 aromatic carbocycles. The van der Waals surface area contributed by atoms with Crippen LogP contribution in [0.3, 0.4) is 0 Å². The maximum absolute atomic E-state index is 3.96. The van der Waals surface area contributed by atoms with Gasteiger partial charge in [0, 0.05) is 0 Å². The number of hydrogen-bond donors (Lipinski definition) is 0. The first-order chi connectivity index (χ1) is 19.6. The van der Waals surface area contributed by atoms with Crippen molar-refractivity contribution >= 4 is 72.0 Å². The molecule has 40 heavy (non-hydrogen) atoms. The van der Waals surface area contributed by atoms with Crippen molar-refractivity contribution in [1.82, 2.24) is 0 Å². The van der Waals surface area contributed by atoms with Gasteiger partial charge in [0.25, 0.3) is 0 Å². The zero-order chi connectivity index (χ0) is 27.9. The molecule has 194 valence electrons. The Balaban J connectivity index is 1.74. The van der Waals surface area contributed by atoms with E-state index in [1.165, 1.54) is 31.8 Å². The molecule has 0 aliphatic rings. The smallest absolute Gasteiger partial charge is 0.00675 e. The predicted octanol–water partition coefficient (Wildman–Crippen LogP) is 7.78. The van der Waals surface area contributed by atoms with E-state index in [0.717, 1.165) is 22.3 Å². The molecule has 0 fully saturated rings. The summed E-state index contributed by atoms with van der Waals surface area (Å²) in [5.41, 5.74) is 4.50. The monoisotopic (exact) mass is 550 g/mol. The van der Waals surface area contributed by atoms with Gasteiger partial charge in [-0.1, -0.05) is 172 Å². The lowest BCUT2D eigenvalue weighted by Gasteiger charge is -2.27. The number of rotatable bonds is 10. The standard InChI is InChI=1S/C38H32P2/c1-5-29-13-21-33(22-14-29)39(34-23-15-30(6-2)16-24-34)37-11-9-10-12-38(37)40(35-25-17-31(7-3)18-26-35)36-27-19-32(8-4)20-28-36/h5-28H,1-4H2. The van der Waals surface area contributed by atoms with Crippen LogP contribution in [0.5, 0.6) is 0 Å². The fraction of sp³-hybridized carbons (Fsp3) is 0. The predicted molar refractivity (Wildman–Crippen MR) is 184 cm³/mol. The van der Waals surface area contributed by atoms with Crippen LogP contribution in [0.15, 0.2) is 148 Å². The highest BCUT2D eigenvalue weighted by Gasteiger charge is 2.25. The van der Waals surface area contributed by atoms with E-state index in [2.05, 4.69) is 148 Å². The molecule has 0 amide bonds. The zero-order valence-electron chi connectivity index (χ0n) is 22.6. The van der Waals surface area contributed by atoms with E-state index in [1.807, 2.05) is 24.3 Å². The van der Waals surface area contributed by atoms with Gasteiger partial charge in [0.05, 0.1) is 0 Å². The molecule has 0 saturated carbocycles. The Morgan fingerprint density at radius 3 is 0.750 bits per heavy atom. The van der Waals surface area contributed by atoms with Gasteiger partial charge in [-0.15, -0.1) is 0 Å². The van der Waals surface area contributed by atoms with Gasteiger partial charge in [-0.25, -0.2) is 0 Å². The minimum absolute atomic E-state index is 0.818. The van der Waals surface area contributed by atoms with Gasteiger partial charge in [0.1, 0.15) is 0 Å². The average molecular weight is 551 g/mol. The highest BCUT2D eigenvalue weighted by molar-refractivity contribution is 7.85. The van der Waals surface area contributed by atoms with Crippen molar-refractivity contribution in [1.29, 1.82) is 0 Å². The fourth-order valence-corrected chi connectivity index (χ4v) is 9.91. The van der Waals surface area contributed by atoms with Crippen LogP contribution < -0.4 is 31.8 Å². The van der Waals surface area contributed by atoms with E-state index in [-0.39, 0.29) is 0 Å². The van der Waals surface area contributed by atoms with E-state index < -0.39 is 15.8 Å². The molecule has 0 aliphatic carbocycles. The second-order valence-electron chi connectivity index (χ2n) is 9.34. The van der Waals surface area contributed by atoms with Crippen LogP contribution in [0, 0.1) is 0 Å². The summed E-state index contributed by atoms with van der Waals surface area (Å²) in [6, 6.07) is 44.5. The molecule has 0 nitrogen and oxygen atoms in total. The molecule has 0 aromatic heterocycles. The van der Waals surface area contributed by atoms with Crippen LogP contribution in [0.2, 0.25) is 0 Å². The SMILES string of the molecule is C=Cc1ccc(P(c2ccc(C=C)cc2)c2ccccc2P(c2ccc(C=C)cc2)c2ccc(C=C)cc2)cc1. The molecule has 5 rings (SSSR count). The second kappa shape index (κ2) is 12.8. The lowest BCUT2D eigenvalue weighted by molar-refractivity contribution is 1.69. The molecule has 0 radical (unpaired) electrons. The first kappa shape index (κ1) is 27.5. The second-order valence-corrected chi connectivity index (χ2v) is 13.7. The third-order valence-electron chi connectivity index (χ3n) is 6.91. The van der Waals surface area contributed by atoms with Crippen LogP contribution in [0.4, 0.5) is 0 Å². The average Bonchev–Trinajstić information content (AvgIpc) is 3.03. The van der Waals surface area contributed by atoms with Gasteiger partial charge < -0.3 is 0 Å². The molecule has 0 heterocycles. The lowest BCUT2D eigenvalue weighted by Crippen LogP contribution is -2.34. The van der Waals surface area contributed by atoms with Gasteiger partial charge in [-0.05, 0) is 69.9 Å². The zero-order valence-corrected chi connectivity index (χ0v) is 24.4. The topological polar surface area (TPSA) is 0 Å². The Kier molecular flexibility index (Phi) is 8.83. The van der Waals surface area contributed by atoms with Crippen molar-refractivity contribution in [2.24, 2.45) is 0 Å². The van der Waals surface area contributed by atoms with Crippen molar-refractivity contribution in [3.8, 4) is 0 Å². The molecule has 2 heteroatoms. The fourth-order valence-electron chi connectivity index (χ4n) is 4.73. The van der Waals surface area contributed by atoms with E-state index in [0.29, 0.717) is 0 Å². The Bertz CT molecular complexity index is 1400. The van der Waals surface area contributed by atoms with Crippen molar-refractivity contribution in [2.75, 3.05) is 0 Å². The largest absolute Gasteiger partial charge is 0.0985 e. The van der Waals surface area contributed by atoms with Crippen LogP contribution >= 0.6 is 15.8 Å². The quantitative estimate of drug-likeness (QED) is 0.156. The summed E-state index contributed by atoms with van der Waals surface area (Å²) >= 11 is 0. The highest BCUT2D eigenvalue weighted by Crippen LogP contribution is 2.39. The molecule has 5 aromatic rings. The number of hydrogen-bond acceptors (Lipinski definition) is 0.